The van der Waals surface area contributed by atoms with Gasteiger partial charge in [-0.2, -0.15) is 0 Å². The Morgan fingerprint density at radius 3 is 2.62 bits per heavy atom. The first-order valence-corrected chi connectivity index (χ1v) is 9.41. The molecule has 0 radical (unpaired) electrons. The lowest BCUT2D eigenvalue weighted by molar-refractivity contribution is 0.413. The number of nitrogens with zero attached hydrogens (tertiary/aromatic N) is 2. The first-order chi connectivity index (χ1) is 11.5. The van der Waals surface area contributed by atoms with E-state index in [0.717, 1.165) is 13.0 Å². The van der Waals surface area contributed by atoms with Gasteiger partial charge < -0.3 is 4.90 Å². The minimum absolute atomic E-state index is 0.562. The van der Waals surface area contributed by atoms with Crippen molar-refractivity contribution in [1.29, 1.82) is 0 Å². The summed E-state index contributed by atoms with van der Waals surface area (Å²) in [5, 5.41) is 1.37. The minimum atomic E-state index is 0.562. The molecule has 3 heteroatoms. The SMILES string of the molecule is CC(C)c1ccc2c3cn(c2c1)Sc1cc(CCN(C)C)ccc1-3. The fourth-order valence-electron chi connectivity index (χ4n) is 3.34. The number of fused-ring (bicyclic) bond motifs is 7. The Kier molecular flexibility index (Phi) is 3.93. The Bertz CT molecular complexity index is 906. The van der Waals surface area contributed by atoms with E-state index >= 15 is 0 Å². The van der Waals surface area contributed by atoms with Crippen LogP contribution in [0.25, 0.3) is 22.0 Å². The van der Waals surface area contributed by atoms with Gasteiger partial charge in [-0.05, 0) is 67.2 Å². The molecule has 0 spiro atoms. The van der Waals surface area contributed by atoms with Crippen LogP contribution in [0.3, 0.4) is 0 Å². The third kappa shape index (κ3) is 2.66. The Morgan fingerprint density at radius 1 is 1.04 bits per heavy atom. The molecule has 2 bridgehead atoms. The Hall–Kier alpha value is -1.71. The van der Waals surface area contributed by atoms with Crippen molar-refractivity contribution in [2.45, 2.75) is 31.1 Å². The maximum Gasteiger partial charge on any atom is 0.0603 e. The van der Waals surface area contributed by atoms with Crippen LogP contribution in [0.1, 0.15) is 30.9 Å². The van der Waals surface area contributed by atoms with E-state index in [9.17, 15) is 0 Å². The van der Waals surface area contributed by atoms with Crippen LogP contribution in [-0.4, -0.2) is 29.5 Å². The van der Waals surface area contributed by atoms with Crippen LogP contribution in [0.5, 0.6) is 0 Å². The standard InChI is InChI=1S/C21H24N2S/c1-14(2)16-6-8-17-19-13-23(20(17)12-16)24-21-11-15(5-7-18(19)21)9-10-22(3)4/h5-8,11-14H,9-10H2,1-4H3. The molecule has 1 aliphatic heterocycles. The summed E-state index contributed by atoms with van der Waals surface area (Å²) >= 11 is 1.85. The molecule has 124 valence electrons. The van der Waals surface area contributed by atoms with Gasteiger partial charge in [0.05, 0.1) is 5.52 Å². The smallest absolute Gasteiger partial charge is 0.0603 e. The highest BCUT2D eigenvalue weighted by Gasteiger charge is 2.21. The van der Waals surface area contributed by atoms with Crippen molar-refractivity contribution >= 4 is 22.9 Å². The van der Waals surface area contributed by atoms with E-state index in [4.69, 9.17) is 0 Å². The summed E-state index contributed by atoms with van der Waals surface area (Å²) in [6, 6.07) is 13.9. The van der Waals surface area contributed by atoms with Gasteiger partial charge in [-0.1, -0.05) is 38.1 Å². The summed E-state index contributed by atoms with van der Waals surface area (Å²) in [7, 11) is 4.26. The molecule has 1 aromatic heterocycles. The van der Waals surface area contributed by atoms with Crippen molar-refractivity contribution in [3.05, 3.63) is 53.7 Å². The van der Waals surface area contributed by atoms with Crippen molar-refractivity contribution < 1.29 is 0 Å². The van der Waals surface area contributed by atoms with Gasteiger partial charge in [-0.25, -0.2) is 0 Å². The molecule has 0 aliphatic carbocycles. The topological polar surface area (TPSA) is 8.17 Å². The number of benzene rings is 2. The van der Waals surface area contributed by atoms with Gasteiger partial charge >= 0.3 is 0 Å². The molecule has 0 amide bonds. The average Bonchev–Trinajstić information content (AvgIpc) is 2.86. The van der Waals surface area contributed by atoms with Gasteiger partial charge in [0.2, 0.25) is 0 Å². The summed E-state index contributed by atoms with van der Waals surface area (Å²) in [6.45, 7) is 5.61. The highest BCUT2D eigenvalue weighted by atomic mass is 32.2. The largest absolute Gasteiger partial charge is 0.309 e. The van der Waals surface area contributed by atoms with Crippen molar-refractivity contribution in [3.63, 3.8) is 0 Å². The molecular weight excluding hydrogens is 312 g/mol. The van der Waals surface area contributed by atoms with E-state index in [1.807, 2.05) is 11.9 Å². The average molecular weight is 337 g/mol. The van der Waals surface area contributed by atoms with Crippen molar-refractivity contribution in [2.24, 2.45) is 0 Å². The molecule has 0 unspecified atom stereocenters. The molecule has 2 heterocycles. The minimum Gasteiger partial charge on any atom is -0.309 e. The van der Waals surface area contributed by atoms with Crippen LogP contribution in [0.2, 0.25) is 0 Å². The number of aromatic nitrogens is 1. The highest BCUT2D eigenvalue weighted by molar-refractivity contribution is 7.98. The maximum atomic E-state index is 2.37. The van der Waals surface area contributed by atoms with Crippen LogP contribution >= 0.6 is 11.9 Å². The molecule has 4 rings (SSSR count). The van der Waals surface area contributed by atoms with Gasteiger partial charge in [0.15, 0.2) is 0 Å². The Morgan fingerprint density at radius 2 is 1.88 bits per heavy atom. The zero-order valence-electron chi connectivity index (χ0n) is 14.8. The van der Waals surface area contributed by atoms with Crippen LogP contribution < -0.4 is 0 Å². The molecular formula is C21H24N2S. The lowest BCUT2D eigenvalue weighted by Gasteiger charge is -2.15. The number of likely N-dealkylation sites (N-methyl/N-ethyl adjacent to an activating group) is 1. The van der Waals surface area contributed by atoms with Crippen LogP contribution in [0, 0.1) is 0 Å². The van der Waals surface area contributed by atoms with E-state index < -0.39 is 0 Å². The van der Waals surface area contributed by atoms with Crippen molar-refractivity contribution in [3.8, 4) is 11.1 Å². The van der Waals surface area contributed by atoms with Gasteiger partial charge in [-0.3, -0.25) is 3.97 Å². The molecule has 24 heavy (non-hydrogen) atoms. The van der Waals surface area contributed by atoms with Crippen LogP contribution in [0.15, 0.2) is 47.5 Å². The van der Waals surface area contributed by atoms with Crippen molar-refractivity contribution in [1.82, 2.24) is 8.87 Å². The predicted octanol–water partition coefficient (Wildman–Crippen LogP) is 5.40. The fourth-order valence-corrected chi connectivity index (χ4v) is 4.44. The zero-order chi connectivity index (χ0) is 16.8. The van der Waals surface area contributed by atoms with Gasteiger partial charge in [0, 0.05) is 28.6 Å². The molecule has 2 aromatic carbocycles. The molecule has 0 N–H and O–H groups in total. The summed E-state index contributed by atoms with van der Waals surface area (Å²) in [4.78, 5) is 3.62. The number of hydrogen-bond acceptors (Lipinski definition) is 2. The first kappa shape index (κ1) is 15.8. The summed E-state index contributed by atoms with van der Waals surface area (Å²) in [5.74, 6) is 0.562. The number of hydrogen-bond donors (Lipinski definition) is 0. The summed E-state index contributed by atoms with van der Waals surface area (Å²) < 4.78 is 2.34. The summed E-state index contributed by atoms with van der Waals surface area (Å²) in [5.41, 5.74) is 6.91. The third-order valence-corrected chi connectivity index (χ3v) is 5.88. The molecule has 1 aliphatic rings. The van der Waals surface area contributed by atoms with E-state index in [-0.39, 0.29) is 0 Å². The van der Waals surface area contributed by atoms with Gasteiger partial charge in [-0.15, -0.1) is 0 Å². The maximum absolute atomic E-state index is 2.37. The molecule has 0 atom stereocenters. The second kappa shape index (κ2) is 5.98. The summed E-state index contributed by atoms with van der Waals surface area (Å²) in [6.07, 6.45) is 3.39. The van der Waals surface area contributed by atoms with Crippen LogP contribution in [-0.2, 0) is 6.42 Å². The van der Waals surface area contributed by atoms with Crippen LogP contribution in [0.4, 0.5) is 0 Å². The predicted molar refractivity (Wildman–Crippen MR) is 105 cm³/mol. The molecule has 2 nitrogen and oxygen atoms in total. The first-order valence-electron chi connectivity index (χ1n) is 8.64. The van der Waals surface area contributed by atoms with Gasteiger partial charge in [0.1, 0.15) is 0 Å². The zero-order valence-corrected chi connectivity index (χ0v) is 15.7. The second-order valence-electron chi connectivity index (χ2n) is 7.27. The molecule has 0 saturated heterocycles. The number of rotatable bonds is 4. The van der Waals surface area contributed by atoms with E-state index in [0.29, 0.717) is 5.92 Å². The normalized spacial score (nSPS) is 13.1. The Labute approximate surface area is 148 Å². The van der Waals surface area contributed by atoms with E-state index in [1.165, 1.54) is 38.1 Å². The lowest BCUT2D eigenvalue weighted by atomic mass is 9.98. The molecule has 3 aromatic rings. The highest BCUT2D eigenvalue weighted by Crippen LogP contribution is 2.45. The van der Waals surface area contributed by atoms with E-state index in [1.54, 1.807) is 0 Å². The van der Waals surface area contributed by atoms with Crippen molar-refractivity contribution in [2.75, 3.05) is 20.6 Å². The molecule has 0 fully saturated rings. The second-order valence-corrected chi connectivity index (χ2v) is 8.29. The van der Waals surface area contributed by atoms with Gasteiger partial charge in [0.25, 0.3) is 0 Å². The fraction of sp³-hybridized carbons (Fsp3) is 0.333. The monoisotopic (exact) mass is 336 g/mol. The molecule has 0 saturated carbocycles. The quantitative estimate of drug-likeness (QED) is 0.493. The Balaban J connectivity index is 1.76. The lowest BCUT2D eigenvalue weighted by Crippen LogP contribution is -2.15. The van der Waals surface area contributed by atoms with E-state index in [2.05, 4.69) is 79.4 Å². The third-order valence-electron chi connectivity index (χ3n) is 4.84.